The van der Waals surface area contributed by atoms with Gasteiger partial charge in [0.1, 0.15) is 5.75 Å². The first kappa shape index (κ1) is 16.5. The van der Waals surface area contributed by atoms with Crippen molar-refractivity contribution in [3.05, 3.63) is 65.2 Å². The van der Waals surface area contributed by atoms with Crippen molar-refractivity contribution >= 4 is 27.3 Å². The minimum atomic E-state index is -3.67. The SMILES string of the molecule is CC(NC(=O)CS(=O)(=O)c1ccc(Cl)cc1)c1ccccc1. The molecule has 1 amide bonds. The van der Waals surface area contributed by atoms with Crippen LogP contribution < -0.4 is 5.32 Å². The number of carbonyl (C=O) groups excluding carboxylic acids is 1. The van der Waals surface area contributed by atoms with Gasteiger partial charge in [0.25, 0.3) is 0 Å². The predicted octanol–water partition coefficient (Wildman–Crippen LogP) is 2.99. The zero-order chi connectivity index (χ0) is 16.2. The van der Waals surface area contributed by atoms with E-state index in [-0.39, 0.29) is 10.9 Å². The Morgan fingerprint density at radius 2 is 1.68 bits per heavy atom. The first-order valence-electron chi connectivity index (χ1n) is 6.71. The van der Waals surface area contributed by atoms with E-state index >= 15 is 0 Å². The molecule has 2 aromatic carbocycles. The van der Waals surface area contributed by atoms with E-state index in [0.29, 0.717) is 5.02 Å². The molecule has 1 N–H and O–H groups in total. The first-order chi connectivity index (χ1) is 10.4. The number of nitrogens with one attached hydrogen (secondary N) is 1. The molecule has 1 atom stereocenters. The highest BCUT2D eigenvalue weighted by Crippen LogP contribution is 2.16. The third-order valence-corrected chi connectivity index (χ3v) is 5.06. The average Bonchev–Trinajstić information content (AvgIpc) is 2.48. The fourth-order valence-electron chi connectivity index (χ4n) is 2.01. The van der Waals surface area contributed by atoms with Gasteiger partial charge in [-0.25, -0.2) is 8.42 Å². The fourth-order valence-corrected chi connectivity index (χ4v) is 3.28. The Morgan fingerprint density at radius 3 is 2.27 bits per heavy atom. The van der Waals surface area contributed by atoms with Crippen molar-refractivity contribution in [2.24, 2.45) is 0 Å². The smallest absolute Gasteiger partial charge is 0.236 e. The molecule has 0 spiro atoms. The average molecular weight is 338 g/mol. The van der Waals surface area contributed by atoms with Crippen LogP contribution in [0.15, 0.2) is 59.5 Å². The number of benzene rings is 2. The van der Waals surface area contributed by atoms with Gasteiger partial charge < -0.3 is 5.32 Å². The van der Waals surface area contributed by atoms with Gasteiger partial charge in [-0.15, -0.1) is 0 Å². The molecule has 1 unspecified atom stereocenters. The second-order valence-corrected chi connectivity index (χ2v) is 7.34. The molecule has 0 aliphatic carbocycles. The predicted molar refractivity (Wildman–Crippen MR) is 86.5 cm³/mol. The highest BCUT2D eigenvalue weighted by Gasteiger charge is 2.20. The number of halogens is 1. The van der Waals surface area contributed by atoms with Gasteiger partial charge >= 0.3 is 0 Å². The van der Waals surface area contributed by atoms with Crippen molar-refractivity contribution in [1.82, 2.24) is 5.32 Å². The Hall–Kier alpha value is -1.85. The highest BCUT2D eigenvalue weighted by molar-refractivity contribution is 7.92. The van der Waals surface area contributed by atoms with Crippen molar-refractivity contribution in [1.29, 1.82) is 0 Å². The molecule has 0 fully saturated rings. The number of rotatable bonds is 5. The molecule has 2 aromatic rings. The van der Waals surface area contributed by atoms with Gasteiger partial charge in [-0.05, 0) is 36.8 Å². The molecule has 0 bridgehead atoms. The number of sulfone groups is 1. The van der Waals surface area contributed by atoms with E-state index in [4.69, 9.17) is 11.6 Å². The van der Waals surface area contributed by atoms with E-state index in [1.165, 1.54) is 24.3 Å². The number of amides is 1. The van der Waals surface area contributed by atoms with Crippen molar-refractivity contribution in [2.75, 3.05) is 5.75 Å². The van der Waals surface area contributed by atoms with E-state index in [0.717, 1.165) is 5.56 Å². The molecule has 6 heteroatoms. The van der Waals surface area contributed by atoms with Crippen LogP contribution in [-0.2, 0) is 14.6 Å². The molecule has 116 valence electrons. The van der Waals surface area contributed by atoms with Crippen LogP contribution in [0.5, 0.6) is 0 Å². The summed E-state index contributed by atoms with van der Waals surface area (Å²) in [5.41, 5.74) is 0.916. The first-order valence-corrected chi connectivity index (χ1v) is 8.74. The summed E-state index contributed by atoms with van der Waals surface area (Å²) < 4.78 is 24.3. The largest absolute Gasteiger partial charge is 0.349 e. The lowest BCUT2D eigenvalue weighted by molar-refractivity contribution is -0.119. The Bertz CT molecular complexity index is 743. The Morgan fingerprint density at radius 1 is 1.09 bits per heavy atom. The lowest BCUT2D eigenvalue weighted by Gasteiger charge is -2.14. The molecule has 22 heavy (non-hydrogen) atoms. The van der Waals surface area contributed by atoms with Crippen molar-refractivity contribution in [3.8, 4) is 0 Å². The minimum Gasteiger partial charge on any atom is -0.349 e. The molecule has 0 aromatic heterocycles. The third kappa shape index (κ3) is 4.32. The standard InChI is InChI=1S/C16H16ClNO3S/c1-12(13-5-3-2-4-6-13)18-16(19)11-22(20,21)15-9-7-14(17)8-10-15/h2-10,12H,11H2,1H3,(H,18,19). The van der Waals surface area contributed by atoms with Crippen molar-refractivity contribution in [3.63, 3.8) is 0 Å². The second kappa shape index (κ2) is 6.94. The topological polar surface area (TPSA) is 63.2 Å². The third-order valence-electron chi connectivity index (χ3n) is 3.17. The monoisotopic (exact) mass is 337 g/mol. The molecule has 4 nitrogen and oxygen atoms in total. The summed E-state index contributed by atoms with van der Waals surface area (Å²) in [6, 6.07) is 14.9. The van der Waals surface area contributed by atoms with Crippen LogP contribution in [0, 0.1) is 0 Å². The van der Waals surface area contributed by atoms with E-state index in [2.05, 4.69) is 5.32 Å². The summed E-state index contributed by atoms with van der Waals surface area (Å²) in [4.78, 5) is 12.0. The van der Waals surface area contributed by atoms with Gasteiger partial charge in [-0.2, -0.15) is 0 Å². The number of hydrogen-bond acceptors (Lipinski definition) is 3. The second-order valence-electron chi connectivity index (χ2n) is 4.91. The molecular formula is C16H16ClNO3S. The maximum absolute atomic E-state index is 12.2. The zero-order valence-electron chi connectivity index (χ0n) is 12.0. The van der Waals surface area contributed by atoms with Gasteiger partial charge in [0.05, 0.1) is 10.9 Å². The van der Waals surface area contributed by atoms with E-state index in [1.54, 1.807) is 0 Å². The van der Waals surface area contributed by atoms with Crippen LogP contribution in [0.3, 0.4) is 0 Å². The van der Waals surface area contributed by atoms with E-state index in [1.807, 2.05) is 37.3 Å². The molecule has 0 aliphatic heterocycles. The molecule has 0 heterocycles. The quantitative estimate of drug-likeness (QED) is 0.912. The van der Waals surface area contributed by atoms with Crippen LogP contribution in [0.4, 0.5) is 0 Å². The zero-order valence-corrected chi connectivity index (χ0v) is 13.6. The van der Waals surface area contributed by atoms with Crippen LogP contribution in [-0.4, -0.2) is 20.1 Å². The van der Waals surface area contributed by atoms with Gasteiger partial charge in [-0.1, -0.05) is 41.9 Å². The molecule has 0 radical (unpaired) electrons. The normalized spacial score (nSPS) is 12.6. The lowest BCUT2D eigenvalue weighted by atomic mass is 10.1. The maximum atomic E-state index is 12.2. The molecular weight excluding hydrogens is 322 g/mol. The van der Waals surface area contributed by atoms with E-state index < -0.39 is 21.5 Å². The molecule has 0 aliphatic rings. The van der Waals surface area contributed by atoms with Gasteiger partial charge in [0.15, 0.2) is 9.84 Å². The van der Waals surface area contributed by atoms with Crippen molar-refractivity contribution in [2.45, 2.75) is 17.9 Å². The van der Waals surface area contributed by atoms with Crippen LogP contribution in [0.25, 0.3) is 0 Å². The fraction of sp³-hybridized carbons (Fsp3) is 0.188. The molecule has 0 saturated heterocycles. The highest BCUT2D eigenvalue weighted by atomic mass is 35.5. The molecule has 0 saturated carbocycles. The lowest BCUT2D eigenvalue weighted by Crippen LogP contribution is -2.32. The Balaban J connectivity index is 2.03. The summed E-state index contributed by atoms with van der Waals surface area (Å²) in [5, 5.41) is 3.13. The van der Waals surface area contributed by atoms with Crippen LogP contribution >= 0.6 is 11.6 Å². The minimum absolute atomic E-state index is 0.0828. The Kier molecular flexibility index (Phi) is 5.21. The van der Waals surface area contributed by atoms with E-state index in [9.17, 15) is 13.2 Å². The Labute approximate surface area is 135 Å². The summed E-state index contributed by atoms with van der Waals surface area (Å²) >= 11 is 5.73. The van der Waals surface area contributed by atoms with Gasteiger partial charge in [0.2, 0.25) is 5.91 Å². The summed E-state index contributed by atoms with van der Waals surface area (Å²) in [5.74, 6) is -1.13. The summed E-state index contributed by atoms with van der Waals surface area (Å²) in [6.45, 7) is 1.81. The maximum Gasteiger partial charge on any atom is 0.236 e. The van der Waals surface area contributed by atoms with Crippen LogP contribution in [0.2, 0.25) is 5.02 Å². The summed E-state index contributed by atoms with van der Waals surface area (Å²) in [6.07, 6.45) is 0. The van der Waals surface area contributed by atoms with Gasteiger partial charge in [-0.3, -0.25) is 4.79 Å². The molecule has 2 rings (SSSR count). The number of carbonyl (C=O) groups is 1. The van der Waals surface area contributed by atoms with Gasteiger partial charge in [0, 0.05) is 5.02 Å². The van der Waals surface area contributed by atoms with Crippen molar-refractivity contribution < 1.29 is 13.2 Å². The van der Waals surface area contributed by atoms with Crippen LogP contribution in [0.1, 0.15) is 18.5 Å². The number of hydrogen-bond donors (Lipinski definition) is 1. The summed E-state index contributed by atoms with van der Waals surface area (Å²) in [7, 11) is -3.67.